The first-order chi connectivity index (χ1) is 13.0. The van der Waals surface area contributed by atoms with Crippen LogP contribution in [0.15, 0.2) is 11.6 Å². The van der Waals surface area contributed by atoms with Gasteiger partial charge in [0.1, 0.15) is 0 Å². The van der Waals surface area contributed by atoms with E-state index >= 15 is 0 Å². The quantitative estimate of drug-likeness (QED) is 0.203. The predicted octanol–water partition coefficient (Wildman–Crippen LogP) is 7.37. The fraction of sp³-hybridized carbons (Fsp3) is 0.826. The molecule has 0 amide bonds. The van der Waals surface area contributed by atoms with Crippen molar-refractivity contribution in [2.45, 2.75) is 124 Å². The average molecular weight is 385 g/mol. The van der Waals surface area contributed by atoms with Crippen LogP contribution >= 0.6 is 0 Å². The minimum absolute atomic E-state index is 0.345. The average Bonchev–Trinajstić information content (AvgIpc) is 2.64. The number of carboxylic acid groups (broad SMARTS) is 2. The van der Waals surface area contributed by atoms with Crippen molar-refractivity contribution in [2.75, 3.05) is 0 Å². The van der Waals surface area contributed by atoms with Crippen molar-refractivity contribution < 1.29 is 19.8 Å². The largest absolute Gasteiger partial charge is 0.481 e. The second kappa shape index (κ2) is 22.7. The normalized spacial score (nSPS) is 11.0. The van der Waals surface area contributed by atoms with E-state index in [4.69, 9.17) is 10.2 Å². The summed E-state index contributed by atoms with van der Waals surface area (Å²) in [4.78, 5) is 20.2. The van der Waals surface area contributed by atoms with E-state index in [1.54, 1.807) is 19.9 Å². The molecule has 27 heavy (non-hydrogen) atoms. The van der Waals surface area contributed by atoms with Crippen molar-refractivity contribution in [3.8, 4) is 0 Å². The van der Waals surface area contributed by atoms with Gasteiger partial charge < -0.3 is 10.2 Å². The molecule has 4 heteroatoms. The predicted molar refractivity (Wildman–Crippen MR) is 114 cm³/mol. The van der Waals surface area contributed by atoms with Crippen molar-refractivity contribution in [1.29, 1.82) is 0 Å². The molecule has 0 spiro atoms. The molecule has 160 valence electrons. The number of unbranched alkanes of at least 4 members (excludes halogenated alkanes) is 14. The molecule has 0 aromatic rings. The van der Waals surface area contributed by atoms with Gasteiger partial charge in [-0.1, -0.05) is 103 Å². The summed E-state index contributed by atoms with van der Waals surface area (Å²) < 4.78 is 0. The highest BCUT2D eigenvalue weighted by Gasteiger charge is 1.97. The first kappa shape index (κ1) is 27.9. The lowest BCUT2D eigenvalue weighted by molar-refractivity contribution is -0.137. The van der Waals surface area contributed by atoms with Crippen LogP contribution in [0.25, 0.3) is 0 Å². The summed E-state index contributed by atoms with van der Waals surface area (Å²) in [6.45, 7) is 5.53. The number of aliphatic carboxylic acids is 2. The molecule has 4 nitrogen and oxygen atoms in total. The van der Waals surface area contributed by atoms with Gasteiger partial charge in [0.15, 0.2) is 0 Å². The van der Waals surface area contributed by atoms with Crippen LogP contribution < -0.4 is 0 Å². The smallest absolute Gasteiger partial charge is 0.330 e. The minimum Gasteiger partial charge on any atom is -0.481 e. The Hall–Kier alpha value is -1.32. The molecule has 0 aliphatic carbocycles. The topological polar surface area (TPSA) is 74.6 Å². The van der Waals surface area contributed by atoms with Crippen LogP contribution in [0.4, 0.5) is 0 Å². The Balaban J connectivity index is 0. The number of carbonyl (C=O) groups is 2. The summed E-state index contributed by atoms with van der Waals surface area (Å²) >= 11 is 0. The fourth-order valence-corrected chi connectivity index (χ4v) is 2.77. The maximum Gasteiger partial charge on any atom is 0.330 e. The highest BCUT2D eigenvalue weighted by molar-refractivity contribution is 5.85. The van der Waals surface area contributed by atoms with Crippen LogP contribution in [0, 0.1) is 0 Å². The van der Waals surface area contributed by atoms with E-state index in [1.165, 1.54) is 83.5 Å². The first-order valence-corrected chi connectivity index (χ1v) is 11.0. The van der Waals surface area contributed by atoms with Crippen LogP contribution in [0.5, 0.6) is 0 Å². The maximum atomic E-state index is 10.3. The monoisotopic (exact) mass is 384 g/mol. The lowest BCUT2D eigenvalue weighted by atomic mass is 10.0. The summed E-state index contributed by atoms with van der Waals surface area (Å²) in [6, 6.07) is 0. The van der Waals surface area contributed by atoms with E-state index < -0.39 is 11.9 Å². The molecule has 0 aliphatic rings. The Bertz CT molecular complexity index is 375. The number of rotatable bonds is 17. The van der Waals surface area contributed by atoms with Crippen molar-refractivity contribution >= 4 is 11.9 Å². The van der Waals surface area contributed by atoms with E-state index in [0.717, 1.165) is 12.8 Å². The van der Waals surface area contributed by atoms with E-state index in [0.29, 0.717) is 12.0 Å². The molecule has 0 atom stereocenters. The van der Waals surface area contributed by atoms with Gasteiger partial charge in [-0.15, -0.1) is 0 Å². The van der Waals surface area contributed by atoms with Gasteiger partial charge in [-0.05, 0) is 20.3 Å². The van der Waals surface area contributed by atoms with Crippen LogP contribution in [0.2, 0.25) is 0 Å². The van der Waals surface area contributed by atoms with E-state index in [2.05, 4.69) is 6.92 Å². The van der Waals surface area contributed by atoms with Crippen LogP contribution in [0.1, 0.15) is 124 Å². The summed E-state index contributed by atoms with van der Waals surface area (Å²) in [7, 11) is 0. The molecule has 0 fully saturated rings. The second-order valence-electron chi connectivity index (χ2n) is 7.37. The Morgan fingerprint density at radius 1 is 0.667 bits per heavy atom. The number of hydrogen-bond donors (Lipinski definition) is 2. The Morgan fingerprint density at radius 3 is 1.22 bits per heavy atom. The summed E-state index contributed by atoms with van der Waals surface area (Å²) in [6.07, 6.45) is 21.8. The summed E-state index contributed by atoms with van der Waals surface area (Å²) in [5, 5.41) is 16.6. The third-order valence-electron chi connectivity index (χ3n) is 4.76. The zero-order valence-corrected chi connectivity index (χ0v) is 18.1. The van der Waals surface area contributed by atoms with Gasteiger partial charge in [0, 0.05) is 12.0 Å². The molecule has 0 heterocycles. The SMILES string of the molecule is CC=C(C)C(=O)O.CCCCCCCCCCCCCCCCCC(=O)O. The molecule has 0 saturated heterocycles. The van der Waals surface area contributed by atoms with Gasteiger partial charge in [0.05, 0.1) is 0 Å². The highest BCUT2D eigenvalue weighted by Crippen LogP contribution is 2.13. The van der Waals surface area contributed by atoms with Gasteiger partial charge in [0.25, 0.3) is 0 Å². The Labute approximate surface area is 167 Å². The van der Waals surface area contributed by atoms with Gasteiger partial charge in [0.2, 0.25) is 0 Å². The molecule has 0 bridgehead atoms. The van der Waals surface area contributed by atoms with E-state index in [9.17, 15) is 9.59 Å². The van der Waals surface area contributed by atoms with Crippen LogP contribution in [-0.4, -0.2) is 22.2 Å². The third kappa shape index (κ3) is 27.0. The fourth-order valence-electron chi connectivity index (χ4n) is 2.77. The molecule has 0 aliphatic heterocycles. The maximum absolute atomic E-state index is 10.3. The Kier molecular flexibility index (Phi) is 23.5. The van der Waals surface area contributed by atoms with Crippen molar-refractivity contribution in [2.24, 2.45) is 0 Å². The first-order valence-electron chi connectivity index (χ1n) is 11.0. The summed E-state index contributed by atoms with van der Waals surface area (Å²) in [5.74, 6) is -1.50. The third-order valence-corrected chi connectivity index (χ3v) is 4.76. The number of hydrogen-bond acceptors (Lipinski definition) is 2. The zero-order valence-electron chi connectivity index (χ0n) is 18.1. The van der Waals surface area contributed by atoms with Crippen molar-refractivity contribution in [3.63, 3.8) is 0 Å². The molecule has 2 N–H and O–H groups in total. The number of allylic oxidation sites excluding steroid dienone is 1. The standard InChI is InChI=1S/C18H36O2.C5H8O2/c1-2-3-4-5-6-7-8-9-10-11-12-13-14-15-16-17-18(19)20;1-3-4(2)5(6)7/h2-17H2,1H3,(H,19,20);3H,1-2H3,(H,6,7). The molecule has 0 radical (unpaired) electrons. The van der Waals surface area contributed by atoms with Gasteiger partial charge in [-0.3, -0.25) is 4.79 Å². The molecule has 0 rings (SSSR count). The van der Waals surface area contributed by atoms with Gasteiger partial charge in [-0.2, -0.15) is 0 Å². The van der Waals surface area contributed by atoms with Crippen molar-refractivity contribution in [1.82, 2.24) is 0 Å². The minimum atomic E-state index is -0.845. The number of carboxylic acids is 2. The highest BCUT2D eigenvalue weighted by atomic mass is 16.4. The van der Waals surface area contributed by atoms with E-state index in [-0.39, 0.29) is 0 Å². The molecule has 0 unspecified atom stereocenters. The Morgan fingerprint density at radius 2 is 1.00 bits per heavy atom. The van der Waals surface area contributed by atoms with Gasteiger partial charge >= 0.3 is 11.9 Å². The molecular weight excluding hydrogens is 340 g/mol. The molecular formula is C23H44O4. The second-order valence-corrected chi connectivity index (χ2v) is 7.37. The van der Waals surface area contributed by atoms with E-state index in [1.807, 2.05) is 0 Å². The molecule has 0 aromatic carbocycles. The zero-order chi connectivity index (χ0) is 20.8. The lowest BCUT2D eigenvalue weighted by Crippen LogP contribution is -1.93. The molecule has 0 aromatic heterocycles. The van der Waals surface area contributed by atoms with Gasteiger partial charge in [-0.25, -0.2) is 4.79 Å². The van der Waals surface area contributed by atoms with Crippen molar-refractivity contribution in [3.05, 3.63) is 11.6 Å². The summed E-state index contributed by atoms with van der Waals surface area (Å²) in [5.41, 5.74) is 0.389. The molecule has 0 saturated carbocycles. The lowest BCUT2D eigenvalue weighted by Gasteiger charge is -2.03. The van der Waals surface area contributed by atoms with Crippen LogP contribution in [0.3, 0.4) is 0 Å². The van der Waals surface area contributed by atoms with Crippen LogP contribution in [-0.2, 0) is 9.59 Å².